The fourth-order valence-electron chi connectivity index (χ4n) is 3.50. The summed E-state index contributed by atoms with van der Waals surface area (Å²) in [4.78, 5) is 11.2. The number of aromatic amines is 1. The summed E-state index contributed by atoms with van der Waals surface area (Å²) < 4.78 is 10.8. The maximum absolute atomic E-state index is 11.7. The Balaban J connectivity index is 2.03. The van der Waals surface area contributed by atoms with Crippen molar-refractivity contribution in [3.05, 3.63) is 80.2 Å². The third kappa shape index (κ3) is 3.00. The number of nitrogens with zero attached hydrogens (tertiary/aromatic N) is 3. The van der Waals surface area contributed by atoms with Crippen LogP contribution >= 0.6 is 11.6 Å². The summed E-state index contributed by atoms with van der Waals surface area (Å²) in [6, 6.07) is 13.5. The van der Waals surface area contributed by atoms with E-state index in [1.165, 1.54) is 25.3 Å². The molecule has 0 radical (unpaired) electrons. The van der Waals surface area contributed by atoms with Gasteiger partial charge in [-0.25, -0.2) is 0 Å². The zero-order valence-corrected chi connectivity index (χ0v) is 16.3. The molecule has 0 fully saturated rings. The summed E-state index contributed by atoms with van der Waals surface area (Å²) in [5.74, 6) is -0.423. The minimum Gasteiger partial charge on any atom is -0.497 e. The van der Waals surface area contributed by atoms with Crippen LogP contribution in [0, 0.1) is 21.4 Å². The van der Waals surface area contributed by atoms with E-state index in [1.807, 2.05) is 12.1 Å². The molecule has 0 saturated heterocycles. The quantitative estimate of drug-likeness (QED) is 0.479. The molecule has 1 aromatic heterocycles. The fraction of sp³-hybridized carbons (Fsp3) is 0.100. The summed E-state index contributed by atoms with van der Waals surface area (Å²) in [5.41, 5.74) is 7.46. The first-order valence-corrected chi connectivity index (χ1v) is 9.07. The number of hydrogen-bond acceptors (Lipinski definition) is 7. The molecular formula is C20H14ClN5O4. The predicted octanol–water partition coefficient (Wildman–Crippen LogP) is 3.87. The standard InChI is InChI=1S/C20H14ClN5O4/c1-29-11-5-2-4-10(8-11)18-17-15(12(9-22)19(23)30-20(17)25-24-18)16-13(21)6-3-7-14(16)26(27)28/h2-8,15H,23H2,1H3,(H,24,25)/t15-/m0/s1. The van der Waals surface area contributed by atoms with Gasteiger partial charge in [-0.2, -0.15) is 5.26 Å². The van der Waals surface area contributed by atoms with Gasteiger partial charge in [-0.3, -0.25) is 15.2 Å². The second kappa shape index (κ2) is 7.42. The smallest absolute Gasteiger partial charge is 0.275 e. The van der Waals surface area contributed by atoms with E-state index in [2.05, 4.69) is 10.2 Å². The van der Waals surface area contributed by atoms with Crippen LogP contribution in [0.2, 0.25) is 5.02 Å². The van der Waals surface area contributed by atoms with Crippen LogP contribution in [0.4, 0.5) is 5.69 Å². The SMILES string of the molecule is COc1cccc(-c2[nH]nc3c2[C@H](c2c(Cl)cccc2[N+](=O)[O-])C(C#N)=C(N)O3)c1. The number of nitriles is 1. The number of allylic oxidation sites excluding steroid dienone is 1. The number of methoxy groups -OCH3 is 1. The van der Waals surface area contributed by atoms with E-state index >= 15 is 0 Å². The van der Waals surface area contributed by atoms with E-state index in [-0.39, 0.29) is 33.6 Å². The van der Waals surface area contributed by atoms with Gasteiger partial charge in [0, 0.05) is 11.6 Å². The summed E-state index contributed by atoms with van der Waals surface area (Å²) in [6.45, 7) is 0. The largest absolute Gasteiger partial charge is 0.497 e. The maximum atomic E-state index is 11.7. The van der Waals surface area contributed by atoms with Crippen LogP contribution < -0.4 is 15.2 Å². The molecule has 3 N–H and O–H groups in total. The number of hydrogen-bond donors (Lipinski definition) is 2. The highest BCUT2D eigenvalue weighted by Crippen LogP contribution is 2.49. The molecule has 9 nitrogen and oxygen atoms in total. The zero-order chi connectivity index (χ0) is 21.4. The molecule has 2 heterocycles. The van der Waals surface area contributed by atoms with Crippen molar-refractivity contribution < 1.29 is 14.4 Å². The number of ether oxygens (including phenoxy) is 2. The topological polar surface area (TPSA) is 140 Å². The summed E-state index contributed by atoms with van der Waals surface area (Å²) in [6.07, 6.45) is 0. The summed E-state index contributed by atoms with van der Waals surface area (Å²) >= 11 is 6.39. The van der Waals surface area contributed by atoms with Crippen LogP contribution in [-0.2, 0) is 0 Å². The Kier molecular flexibility index (Phi) is 4.77. The molecule has 1 aliphatic rings. The first-order valence-electron chi connectivity index (χ1n) is 8.69. The maximum Gasteiger partial charge on any atom is 0.275 e. The number of nitrogens with two attached hydrogens (primary N) is 1. The number of nitrogens with one attached hydrogen (secondary N) is 1. The van der Waals surface area contributed by atoms with Crippen LogP contribution in [0.1, 0.15) is 17.0 Å². The Morgan fingerprint density at radius 3 is 2.80 bits per heavy atom. The van der Waals surface area contributed by atoms with Crippen LogP contribution in [-0.4, -0.2) is 22.2 Å². The van der Waals surface area contributed by atoms with Crippen molar-refractivity contribution in [3.8, 4) is 29.0 Å². The van der Waals surface area contributed by atoms with Gasteiger partial charge in [-0.15, -0.1) is 5.10 Å². The molecule has 10 heteroatoms. The number of rotatable bonds is 4. The number of nitro groups is 1. The highest BCUT2D eigenvalue weighted by Gasteiger charge is 2.40. The molecule has 0 bridgehead atoms. The number of benzene rings is 2. The predicted molar refractivity (Wildman–Crippen MR) is 108 cm³/mol. The third-order valence-corrected chi connectivity index (χ3v) is 5.14. The van der Waals surface area contributed by atoms with Gasteiger partial charge in [-0.1, -0.05) is 29.8 Å². The highest BCUT2D eigenvalue weighted by atomic mass is 35.5. The van der Waals surface area contributed by atoms with Crippen LogP contribution in [0.25, 0.3) is 11.3 Å². The van der Waals surface area contributed by atoms with E-state index in [0.717, 1.165) is 0 Å². The normalized spacial score (nSPS) is 15.2. The Morgan fingerprint density at radius 1 is 1.33 bits per heavy atom. The van der Waals surface area contributed by atoms with Gasteiger partial charge < -0.3 is 15.2 Å². The average molecular weight is 424 g/mol. The van der Waals surface area contributed by atoms with Crippen molar-refractivity contribution >= 4 is 17.3 Å². The monoisotopic (exact) mass is 423 g/mol. The van der Waals surface area contributed by atoms with Gasteiger partial charge in [-0.05, 0) is 18.2 Å². The minimum atomic E-state index is -0.951. The Hall–Kier alpha value is -4.03. The third-order valence-electron chi connectivity index (χ3n) is 4.81. The Morgan fingerprint density at radius 2 is 2.10 bits per heavy atom. The zero-order valence-electron chi connectivity index (χ0n) is 15.5. The Bertz CT molecular complexity index is 1240. The molecule has 0 aliphatic carbocycles. The lowest BCUT2D eigenvalue weighted by Crippen LogP contribution is -2.21. The number of halogens is 1. The van der Waals surface area contributed by atoms with E-state index in [0.29, 0.717) is 22.6 Å². The summed E-state index contributed by atoms with van der Waals surface area (Å²) in [7, 11) is 1.54. The number of aromatic nitrogens is 2. The van der Waals surface area contributed by atoms with Gasteiger partial charge in [0.25, 0.3) is 5.69 Å². The van der Waals surface area contributed by atoms with Crippen molar-refractivity contribution in [1.29, 1.82) is 5.26 Å². The average Bonchev–Trinajstić information content (AvgIpc) is 3.16. The van der Waals surface area contributed by atoms with Gasteiger partial charge >= 0.3 is 0 Å². The molecule has 0 unspecified atom stereocenters. The highest BCUT2D eigenvalue weighted by molar-refractivity contribution is 6.31. The first kappa shape index (κ1) is 19.3. The second-order valence-corrected chi connectivity index (χ2v) is 6.81. The lowest BCUT2D eigenvalue weighted by atomic mass is 9.82. The van der Waals surface area contributed by atoms with E-state index in [9.17, 15) is 15.4 Å². The van der Waals surface area contributed by atoms with Crippen molar-refractivity contribution in [1.82, 2.24) is 10.2 Å². The lowest BCUT2D eigenvalue weighted by Gasteiger charge is -2.24. The van der Waals surface area contributed by atoms with E-state index in [1.54, 1.807) is 18.2 Å². The molecule has 150 valence electrons. The second-order valence-electron chi connectivity index (χ2n) is 6.40. The molecule has 1 atom stereocenters. The molecular weight excluding hydrogens is 410 g/mol. The van der Waals surface area contributed by atoms with Crippen molar-refractivity contribution in [2.24, 2.45) is 5.73 Å². The number of H-pyrrole nitrogens is 1. The van der Waals surface area contributed by atoms with Crippen molar-refractivity contribution in [2.45, 2.75) is 5.92 Å². The van der Waals surface area contributed by atoms with Crippen LogP contribution in [0.15, 0.2) is 53.9 Å². The Labute approximate surface area is 175 Å². The minimum absolute atomic E-state index is 0.00393. The molecule has 0 amide bonds. The molecule has 0 saturated carbocycles. The fourth-order valence-corrected chi connectivity index (χ4v) is 3.78. The first-order chi connectivity index (χ1) is 14.5. The number of fused-ring (bicyclic) bond motifs is 1. The molecule has 0 spiro atoms. The van der Waals surface area contributed by atoms with Gasteiger partial charge in [0.2, 0.25) is 11.8 Å². The molecule has 3 aromatic rings. The lowest BCUT2D eigenvalue weighted by molar-refractivity contribution is -0.385. The van der Waals surface area contributed by atoms with Gasteiger partial charge in [0.05, 0.1) is 39.8 Å². The van der Waals surface area contributed by atoms with Crippen molar-refractivity contribution in [3.63, 3.8) is 0 Å². The molecule has 2 aromatic carbocycles. The van der Waals surface area contributed by atoms with Crippen LogP contribution in [0.3, 0.4) is 0 Å². The van der Waals surface area contributed by atoms with E-state index < -0.39 is 10.8 Å². The molecule has 30 heavy (non-hydrogen) atoms. The molecule has 1 aliphatic heterocycles. The van der Waals surface area contributed by atoms with Crippen molar-refractivity contribution in [2.75, 3.05) is 7.11 Å². The van der Waals surface area contributed by atoms with Gasteiger partial charge in [0.15, 0.2) is 0 Å². The molecule has 4 rings (SSSR count). The summed E-state index contributed by atoms with van der Waals surface area (Å²) in [5, 5.41) is 28.7. The van der Waals surface area contributed by atoms with Crippen LogP contribution in [0.5, 0.6) is 11.6 Å². The van der Waals surface area contributed by atoms with E-state index in [4.69, 9.17) is 26.8 Å². The number of nitro benzene ring substituents is 1. The van der Waals surface area contributed by atoms with Gasteiger partial charge in [0.1, 0.15) is 17.4 Å².